The zero-order valence-electron chi connectivity index (χ0n) is 9.80. The lowest BCUT2D eigenvalue weighted by molar-refractivity contribution is 0.0129. The Morgan fingerprint density at radius 3 is 2.78 bits per heavy atom. The summed E-state index contributed by atoms with van der Waals surface area (Å²) in [6, 6.07) is 1.15. The molecule has 1 aromatic rings. The maximum atomic E-state index is 11.0. The van der Waals surface area contributed by atoms with E-state index in [2.05, 4.69) is 10.3 Å². The molecule has 0 saturated heterocycles. The van der Waals surface area contributed by atoms with Gasteiger partial charge in [-0.25, -0.2) is 9.78 Å². The number of aromatic nitrogens is 1. The number of carbonyl (C=O) groups is 1. The van der Waals surface area contributed by atoms with E-state index in [0.29, 0.717) is 13.0 Å². The molecule has 100 valence electrons. The van der Waals surface area contributed by atoms with Crippen molar-refractivity contribution in [1.82, 2.24) is 10.3 Å². The molecule has 0 aliphatic carbocycles. The minimum absolute atomic E-state index is 0.0214. The Labute approximate surface area is 109 Å². The summed E-state index contributed by atoms with van der Waals surface area (Å²) in [5.74, 6) is -1.23. The fraction of sp³-hybridized carbons (Fsp3) is 0.455. The number of aliphatic hydroxyl groups is 2. The Morgan fingerprint density at radius 1 is 1.56 bits per heavy atom. The van der Waals surface area contributed by atoms with Gasteiger partial charge in [-0.15, -0.1) is 0 Å². The fourth-order valence-electron chi connectivity index (χ4n) is 1.52. The van der Waals surface area contributed by atoms with Gasteiger partial charge in [0.2, 0.25) is 0 Å². The summed E-state index contributed by atoms with van der Waals surface area (Å²) < 4.78 is 0. The van der Waals surface area contributed by atoms with E-state index in [-0.39, 0.29) is 16.3 Å². The lowest BCUT2D eigenvalue weighted by Gasteiger charge is -2.19. The molecular formula is C11H15ClN2O4. The largest absolute Gasteiger partial charge is 0.478 e. The predicted molar refractivity (Wildman–Crippen MR) is 65.7 cm³/mol. The van der Waals surface area contributed by atoms with Crippen molar-refractivity contribution in [3.63, 3.8) is 0 Å². The molecule has 0 fully saturated rings. The quantitative estimate of drug-likeness (QED) is 0.561. The van der Waals surface area contributed by atoms with Gasteiger partial charge in [0.25, 0.3) is 0 Å². The van der Waals surface area contributed by atoms with E-state index in [1.807, 2.05) is 0 Å². The first-order chi connectivity index (χ1) is 8.47. The third-order valence-electron chi connectivity index (χ3n) is 2.51. The van der Waals surface area contributed by atoms with Crippen LogP contribution in [0, 0.1) is 0 Å². The lowest BCUT2D eigenvalue weighted by Crippen LogP contribution is -2.24. The topological polar surface area (TPSA) is 103 Å². The van der Waals surface area contributed by atoms with Crippen LogP contribution in [0.5, 0.6) is 0 Å². The highest BCUT2D eigenvalue weighted by Crippen LogP contribution is 2.24. The minimum atomic E-state index is -1.31. The molecule has 2 unspecified atom stereocenters. The van der Waals surface area contributed by atoms with Gasteiger partial charge in [0.1, 0.15) is 11.3 Å². The SMILES string of the molecule is CNCCC(O)C(O)c1cnc(Cl)cc1C(=O)O. The van der Waals surface area contributed by atoms with Crippen LogP contribution in [0.4, 0.5) is 0 Å². The van der Waals surface area contributed by atoms with Crippen LogP contribution in [0.15, 0.2) is 12.3 Å². The Hall–Kier alpha value is -1.21. The first kappa shape index (κ1) is 14.8. The molecule has 1 aromatic heterocycles. The van der Waals surface area contributed by atoms with Crippen LogP contribution in [0.2, 0.25) is 5.15 Å². The van der Waals surface area contributed by atoms with E-state index < -0.39 is 18.2 Å². The Bertz CT molecular complexity index is 428. The van der Waals surface area contributed by atoms with Crippen LogP contribution in [-0.2, 0) is 0 Å². The molecule has 0 aliphatic rings. The third kappa shape index (κ3) is 3.64. The summed E-state index contributed by atoms with van der Waals surface area (Å²) in [6.07, 6.45) is -0.925. The fourth-order valence-corrected chi connectivity index (χ4v) is 1.68. The molecule has 0 aliphatic heterocycles. The zero-order valence-corrected chi connectivity index (χ0v) is 10.6. The molecule has 4 N–H and O–H groups in total. The van der Waals surface area contributed by atoms with Gasteiger partial charge in [-0.05, 0) is 26.1 Å². The van der Waals surface area contributed by atoms with Gasteiger partial charge in [-0.2, -0.15) is 0 Å². The number of aromatic carboxylic acids is 1. The molecule has 18 heavy (non-hydrogen) atoms. The van der Waals surface area contributed by atoms with Crippen LogP contribution < -0.4 is 5.32 Å². The number of aliphatic hydroxyl groups excluding tert-OH is 2. The van der Waals surface area contributed by atoms with Crippen molar-refractivity contribution in [2.24, 2.45) is 0 Å². The van der Waals surface area contributed by atoms with Gasteiger partial charge in [-0.1, -0.05) is 11.6 Å². The highest BCUT2D eigenvalue weighted by Gasteiger charge is 2.24. The number of pyridine rings is 1. The van der Waals surface area contributed by atoms with Gasteiger partial charge in [0.05, 0.1) is 11.7 Å². The highest BCUT2D eigenvalue weighted by atomic mass is 35.5. The van der Waals surface area contributed by atoms with Crippen molar-refractivity contribution < 1.29 is 20.1 Å². The number of halogens is 1. The van der Waals surface area contributed by atoms with Gasteiger partial charge >= 0.3 is 5.97 Å². The number of carboxylic acids is 1. The molecule has 0 saturated carbocycles. The second kappa shape index (κ2) is 6.65. The Balaban J connectivity index is 2.97. The van der Waals surface area contributed by atoms with E-state index in [4.69, 9.17) is 16.7 Å². The number of rotatable bonds is 6. The van der Waals surface area contributed by atoms with Crippen molar-refractivity contribution in [2.45, 2.75) is 18.6 Å². The van der Waals surface area contributed by atoms with E-state index >= 15 is 0 Å². The molecule has 0 amide bonds. The van der Waals surface area contributed by atoms with Crippen LogP contribution in [0.25, 0.3) is 0 Å². The van der Waals surface area contributed by atoms with E-state index in [1.54, 1.807) is 7.05 Å². The summed E-state index contributed by atoms with van der Waals surface area (Å²) >= 11 is 5.60. The Kier molecular flexibility index (Phi) is 5.49. The second-order valence-corrected chi connectivity index (χ2v) is 4.19. The predicted octanol–water partition coefficient (Wildman–Crippen LogP) is 0.437. The Morgan fingerprint density at radius 2 is 2.22 bits per heavy atom. The molecule has 6 nitrogen and oxygen atoms in total. The molecule has 2 atom stereocenters. The average molecular weight is 275 g/mol. The summed E-state index contributed by atoms with van der Waals surface area (Å²) in [4.78, 5) is 14.7. The molecule has 7 heteroatoms. The molecule has 1 heterocycles. The average Bonchev–Trinajstić information content (AvgIpc) is 2.34. The summed E-state index contributed by atoms with van der Waals surface area (Å²) in [6.45, 7) is 0.502. The summed E-state index contributed by atoms with van der Waals surface area (Å²) in [7, 11) is 1.71. The zero-order chi connectivity index (χ0) is 13.7. The number of hydrogen-bond donors (Lipinski definition) is 4. The maximum Gasteiger partial charge on any atom is 0.336 e. The molecule has 0 spiro atoms. The van der Waals surface area contributed by atoms with Crippen LogP contribution in [0.3, 0.4) is 0 Å². The van der Waals surface area contributed by atoms with Crippen molar-refractivity contribution >= 4 is 17.6 Å². The minimum Gasteiger partial charge on any atom is -0.478 e. The maximum absolute atomic E-state index is 11.0. The molecule has 1 rings (SSSR count). The number of carboxylic acid groups (broad SMARTS) is 1. The van der Waals surface area contributed by atoms with Gasteiger partial charge in [0.15, 0.2) is 0 Å². The smallest absolute Gasteiger partial charge is 0.336 e. The summed E-state index contributed by atoms with van der Waals surface area (Å²) in [5.41, 5.74) is -0.110. The first-order valence-corrected chi connectivity index (χ1v) is 5.74. The number of nitrogens with one attached hydrogen (secondary N) is 1. The molecule has 0 aromatic carbocycles. The lowest BCUT2D eigenvalue weighted by atomic mass is 9.99. The van der Waals surface area contributed by atoms with Gasteiger partial charge < -0.3 is 20.6 Å². The van der Waals surface area contributed by atoms with Crippen LogP contribution in [0.1, 0.15) is 28.4 Å². The monoisotopic (exact) mass is 274 g/mol. The molecular weight excluding hydrogens is 260 g/mol. The first-order valence-electron chi connectivity index (χ1n) is 5.36. The standard InChI is InChI=1S/C11H15ClN2O4/c1-13-3-2-8(15)10(16)7-5-14-9(12)4-6(7)11(17)18/h4-5,8,10,13,15-16H,2-3H2,1H3,(H,17,18). The van der Waals surface area contributed by atoms with Crippen LogP contribution >= 0.6 is 11.6 Å². The second-order valence-electron chi connectivity index (χ2n) is 3.80. The van der Waals surface area contributed by atoms with Gasteiger partial charge in [-0.3, -0.25) is 0 Å². The third-order valence-corrected chi connectivity index (χ3v) is 2.71. The number of hydrogen-bond acceptors (Lipinski definition) is 5. The van der Waals surface area contributed by atoms with Crippen LogP contribution in [-0.4, -0.2) is 46.0 Å². The van der Waals surface area contributed by atoms with Crippen molar-refractivity contribution in [1.29, 1.82) is 0 Å². The normalized spacial score (nSPS) is 14.2. The number of nitrogens with zero attached hydrogens (tertiary/aromatic N) is 1. The van der Waals surface area contributed by atoms with E-state index in [9.17, 15) is 15.0 Å². The van der Waals surface area contributed by atoms with E-state index in [1.165, 1.54) is 6.20 Å². The van der Waals surface area contributed by atoms with Crippen molar-refractivity contribution in [2.75, 3.05) is 13.6 Å². The van der Waals surface area contributed by atoms with Crippen molar-refractivity contribution in [3.05, 3.63) is 28.5 Å². The van der Waals surface area contributed by atoms with Gasteiger partial charge in [0, 0.05) is 11.8 Å². The molecule has 0 radical (unpaired) electrons. The van der Waals surface area contributed by atoms with Crippen molar-refractivity contribution in [3.8, 4) is 0 Å². The highest BCUT2D eigenvalue weighted by molar-refractivity contribution is 6.29. The molecule has 0 bridgehead atoms. The summed E-state index contributed by atoms with van der Waals surface area (Å²) in [5, 5.41) is 31.5. The van der Waals surface area contributed by atoms with E-state index in [0.717, 1.165) is 6.07 Å².